The van der Waals surface area contributed by atoms with Crippen LogP contribution in [0, 0.1) is 17.3 Å². The van der Waals surface area contributed by atoms with Gasteiger partial charge < -0.3 is 5.11 Å². The summed E-state index contributed by atoms with van der Waals surface area (Å²) >= 11 is 0. The molecule has 3 aliphatic rings. The Balaban J connectivity index is 1.79. The number of fused-ring (bicyclic) bond motifs is 1. The number of likely N-dealkylation sites (tertiary alicyclic amines) is 1. The fourth-order valence-electron chi connectivity index (χ4n) is 3.73. The molecule has 0 aromatic carbocycles. The zero-order valence-corrected chi connectivity index (χ0v) is 10.9. The quantitative estimate of drug-likeness (QED) is 0.783. The lowest BCUT2D eigenvalue weighted by molar-refractivity contribution is -0.159. The maximum absolute atomic E-state index is 12.3. The molecule has 3 rings (SSSR count). The van der Waals surface area contributed by atoms with Gasteiger partial charge in [-0.2, -0.15) is 0 Å². The van der Waals surface area contributed by atoms with Crippen LogP contribution in [0.15, 0.2) is 0 Å². The van der Waals surface area contributed by atoms with Crippen LogP contribution in [0.4, 0.5) is 0 Å². The summed E-state index contributed by atoms with van der Waals surface area (Å²) in [6, 6.07) is 0. The minimum atomic E-state index is -0.866. The molecule has 0 spiro atoms. The highest BCUT2D eigenvalue weighted by molar-refractivity contribution is 6.05. The van der Waals surface area contributed by atoms with Crippen LogP contribution in [0.5, 0.6) is 0 Å². The van der Waals surface area contributed by atoms with E-state index < -0.39 is 11.4 Å². The van der Waals surface area contributed by atoms with Gasteiger partial charge in [0, 0.05) is 6.54 Å². The van der Waals surface area contributed by atoms with Gasteiger partial charge in [0.25, 0.3) is 0 Å². The third-order valence-corrected chi connectivity index (χ3v) is 5.16. The van der Waals surface area contributed by atoms with Crippen molar-refractivity contribution in [3.05, 3.63) is 0 Å². The number of carboxylic acid groups (broad SMARTS) is 1. The second-order valence-electron chi connectivity index (χ2n) is 6.20. The Labute approximate surface area is 112 Å². The first kappa shape index (κ1) is 12.6. The molecule has 1 saturated heterocycles. The lowest BCUT2D eigenvalue weighted by Gasteiger charge is -2.39. The molecule has 104 valence electrons. The molecule has 1 aliphatic heterocycles. The van der Waals surface area contributed by atoms with Crippen molar-refractivity contribution in [2.45, 2.75) is 44.9 Å². The zero-order chi connectivity index (χ0) is 13.6. The fraction of sp³-hybridized carbons (Fsp3) is 0.786. The molecule has 1 N–H and O–H groups in total. The number of imide groups is 1. The van der Waals surface area contributed by atoms with Gasteiger partial charge in [-0.1, -0.05) is 19.3 Å². The molecule has 1 heterocycles. The van der Waals surface area contributed by atoms with Crippen molar-refractivity contribution in [1.29, 1.82) is 0 Å². The largest absolute Gasteiger partial charge is 0.481 e. The topological polar surface area (TPSA) is 74.7 Å². The van der Waals surface area contributed by atoms with Crippen LogP contribution >= 0.6 is 0 Å². The summed E-state index contributed by atoms with van der Waals surface area (Å²) in [5.74, 6) is -1.46. The molecule has 19 heavy (non-hydrogen) atoms. The van der Waals surface area contributed by atoms with Gasteiger partial charge in [0.05, 0.1) is 17.3 Å². The monoisotopic (exact) mass is 265 g/mol. The van der Waals surface area contributed by atoms with E-state index >= 15 is 0 Å². The van der Waals surface area contributed by atoms with E-state index in [0.717, 1.165) is 32.1 Å². The van der Waals surface area contributed by atoms with Gasteiger partial charge in [0.15, 0.2) is 0 Å². The summed E-state index contributed by atoms with van der Waals surface area (Å²) in [5.41, 5.74) is -0.862. The van der Waals surface area contributed by atoms with Gasteiger partial charge in [-0.3, -0.25) is 19.3 Å². The highest BCUT2D eigenvalue weighted by atomic mass is 16.4. The Morgan fingerprint density at radius 1 is 1.11 bits per heavy atom. The van der Waals surface area contributed by atoms with Gasteiger partial charge >= 0.3 is 5.97 Å². The van der Waals surface area contributed by atoms with Crippen LogP contribution in [-0.2, 0) is 14.4 Å². The molecule has 5 nitrogen and oxygen atoms in total. The Bertz CT molecular complexity index is 417. The van der Waals surface area contributed by atoms with E-state index in [1.165, 1.54) is 4.90 Å². The molecule has 0 aromatic rings. The maximum atomic E-state index is 12.3. The van der Waals surface area contributed by atoms with Crippen molar-refractivity contribution in [3.8, 4) is 0 Å². The highest BCUT2D eigenvalue weighted by Gasteiger charge is 2.53. The van der Waals surface area contributed by atoms with Gasteiger partial charge in [-0.05, 0) is 25.7 Å². The summed E-state index contributed by atoms with van der Waals surface area (Å²) in [6.07, 6.45) is 5.59. The Morgan fingerprint density at radius 2 is 1.63 bits per heavy atom. The Hall–Kier alpha value is -1.39. The molecular formula is C14H19NO4. The van der Waals surface area contributed by atoms with Crippen molar-refractivity contribution in [2.75, 3.05) is 6.54 Å². The first-order chi connectivity index (χ1) is 9.05. The molecule has 0 radical (unpaired) electrons. The number of carbonyl (C=O) groups excluding carboxylic acids is 2. The van der Waals surface area contributed by atoms with Gasteiger partial charge in [0.1, 0.15) is 0 Å². The van der Waals surface area contributed by atoms with Crippen molar-refractivity contribution in [3.63, 3.8) is 0 Å². The summed E-state index contributed by atoms with van der Waals surface area (Å²) in [4.78, 5) is 37.2. The Kier molecular flexibility index (Phi) is 2.87. The van der Waals surface area contributed by atoms with Gasteiger partial charge in [0.2, 0.25) is 11.8 Å². The molecule has 3 fully saturated rings. The number of carbonyl (C=O) groups is 3. The minimum absolute atomic E-state index is 0.0903. The van der Waals surface area contributed by atoms with E-state index in [-0.39, 0.29) is 30.2 Å². The molecule has 5 heteroatoms. The molecule has 2 unspecified atom stereocenters. The van der Waals surface area contributed by atoms with E-state index in [2.05, 4.69) is 0 Å². The second kappa shape index (κ2) is 4.32. The summed E-state index contributed by atoms with van der Waals surface area (Å²) in [7, 11) is 0. The van der Waals surface area contributed by atoms with E-state index in [0.29, 0.717) is 12.8 Å². The average Bonchev–Trinajstić information content (AvgIpc) is 2.58. The molecule has 0 bridgehead atoms. The molecule has 2 amide bonds. The molecule has 2 aliphatic carbocycles. The van der Waals surface area contributed by atoms with Crippen LogP contribution in [0.25, 0.3) is 0 Å². The summed E-state index contributed by atoms with van der Waals surface area (Å²) in [6.45, 7) is 0.0903. The first-order valence-electron chi connectivity index (χ1n) is 7.14. The van der Waals surface area contributed by atoms with Gasteiger partial charge in [-0.25, -0.2) is 0 Å². The lowest BCUT2D eigenvalue weighted by atomic mass is 9.68. The molecular weight excluding hydrogens is 246 g/mol. The predicted molar refractivity (Wildman–Crippen MR) is 66.1 cm³/mol. The van der Waals surface area contributed by atoms with Gasteiger partial charge in [-0.15, -0.1) is 0 Å². The normalized spacial score (nSPS) is 32.9. The number of hydrogen-bond acceptors (Lipinski definition) is 3. The van der Waals surface area contributed by atoms with E-state index in [4.69, 9.17) is 0 Å². The zero-order valence-electron chi connectivity index (χ0n) is 10.9. The van der Waals surface area contributed by atoms with Crippen LogP contribution in [-0.4, -0.2) is 34.3 Å². The number of amides is 2. The molecule has 0 aromatic heterocycles. The second-order valence-corrected chi connectivity index (χ2v) is 6.20. The van der Waals surface area contributed by atoms with Crippen LogP contribution in [0.3, 0.4) is 0 Å². The standard InChI is InChI=1S/C14H19NO4/c16-11-9-4-1-2-5-10(9)12(17)15(11)8-14(13(18)19)6-3-7-14/h9-10H,1-8H2,(H,18,19). The predicted octanol–water partition coefficient (Wildman–Crippen LogP) is 1.42. The number of aliphatic carboxylic acids is 1. The van der Waals surface area contributed by atoms with E-state index in [1.54, 1.807) is 0 Å². The fourth-order valence-corrected chi connectivity index (χ4v) is 3.73. The number of rotatable bonds is 3. The third-order valence-electron chi connectivity index (χ3n) is 5.16. The minimum Gasteiger partial charge on any atom is -0.481 e. The van der Waals surface area contributed by atoms with Crippen LogP contribution in [0.1, 0.15) is 44.9 Å². The third kappa shape index (κ3) is 1.78. The van der Waals surface area contributed by atoms with Crippen molar-refractivity contribution in [2.24, 2.45) is 17.3 Å². The average molecular weight is 265 g/mol. The number of nitrogens with zero attached hydrogens (tertiary/aromatic N) is 1. The van der Waals surface area contributed by atoms with Crippen molar-refractivity contribution < 1.29 is 19.5 Å². The van der Waals surface area contributed by atoms with Crippen molar-refractivity contribution in [1.82, 2.24) is 4.90 Å². The smallest absolute Gasteiger partial charge is 0.311 e. The summed E-state index contributed by atoms with van der Waals surface area (Å²) < 4.78 is 0. The molecule has 2 atom stereocenters. The highest BCUT2D eigenvalue weighted by Crippen LogP contribution is 2.45. The molecule has 2 saturated carbocycles. The lowest BCUT2D eigenvalue weighted by Crippen LogP contribution is -2.49. The Morgan fingerprint density at radius 3 is 2.00 bits per heavy atom. The summed E-state index contributed by atoms with van der Waals surface area (Å²) in [5, 5.41) is 9.33. The van der Waals surface area contributed by atoms with Crippen molar-refractivity contribution >= 4 is 17.8 Å². The van der Waals surface area contributed by atoms with E-state index in [9.17, 15) is 19.5 Å². The first-order valence-corrected chi connectivity index (χ1v) is 7.14. The SMILES string of the molecule is O=C1C2CCCCC2C(=O)N1CC1(C(=O)O)CCC1. The van der Waals surface area contributed by atoms with Crippen LogP contribution < -0.4 is 0 Å². The number of hydrogen-bond donors (Lipinski definition) is 1. The van der Waals surface area contributed by atoms with E-state index in [1.807, 2.05) is 0 Å². The van der Waals surface area contributed by atoms with Crippen LogP contribution in [0.2, 0.25) is 0 Å². The number of carboxylic acids is 1. The maximum Gasteiger partial charge on any atom is 0.311 e.